The first-order chi connectivity index (χ1) is 13.0. The van der Waals surface area contributed by atoms with Gasteiger partial charge in [0.1, 0.15) is 5.82 Å². The highest BCUT2D eigenvalue weighted by atomic mass is 19.2. The van der Waals surface area contributed by atoms with Crippen molar-refractivity contribution in [1.82, 2.24) is 9.97 Å². The Morgan fingerprint density at radius 2 is 1.85 bits per heavy atom. The standard InChI is InChI=1S/C21H22F2N2O2/c1-4-14(5-2)27-21-13(7-6-8-19(21)26-3)9-10-20-24-17-11-15(22)16(23)12-18(17)25-20/h6-12,14H,4-5H2,1-3H3,(H,24,25)/b10-9+. The Morgan fingerprint density at radius 1 is 1.11 bits per heavy atom. The monoisotopic (exact) mass is 372 g/mol. The molecule has 1 heterocycles. The van der Waals surface area contributed by atoms with E-state index in [0.29, 0.717) is 28.4 Å². The maximum atomic E-state index is 13.4. The van der Waals surface area contributed by atoms with Gasteiger partial charge in [-0.15, -0.1) is 0 Å². The van der Waals surface area contributed by atoms with Crippen molar-refractivity contribution in [2.24, 2.45) is 0 Å². The number of benzene rings is 2. The van der Waals surface area contributed by atoms with Gasteiger partial charge in [-0.05, 0) is 31.1 Å². The molecule has 2 aromatic carbocycles. The van der Waals surface area contributed by atoms with E-state index in [1.165, 1.54) is 0 Å². The topological polar surface area (TPSA) is 47.1 Å². The fourth-order valence-electron chi connectivity index (χ4n) is 2.85. The highest BCUT2D eigenvalue weighted by molar-refractivity contribution is 5.80. The molecule has 0 atom stereocenters. The summed E-state index contributed by atoms with van der Waals surface area (Å²) in [5.41, 5.74) is 1.64. The van der Waals surface area contributed by atoms with Gasteiger partial charge in [0, 0.05) is 17.7 Å². The van der Waals surface area contributed by atoms with Crippen molar-refractivity contribution < 1.29 is 18.3 Å². The predicted molar refractivity (Wildman–Crippen MR) is 103 cm³/mol. The van der Waals surface area contributed by atoms with Crippen LogP contribution in [0.25, 0.3) is 23.2 Å². The van der Waals surface area contributed by atoms with Crippen LogP contribution in [-0.2, 0) is 0 Å². The first-order valence-corrected chi connectivity index (χ1v) is 8.92. The summed E-state index contributed by atoms with van der Waals surface area (Å²) in [6.45, 7) is 4.15. The number of aromatic nitrogens is 2. The lowest BCUT2D eigenvalue weighted by atomic mass is 10.1. The molecule has 0 fully saturated rings. The molecule has 0 saturated heterocycles. The van der Waals surface area contributed by atoms with Gasteiger partial charge in [-0.3, -0.25) is 0 Å². The van der Waals surface area contributed by atoms with Crippen LogP contribution in [0.15, 0.2) is 30.3 Å². The Bertz CT molecular complexity index is 923. The Balaban J connectivity index is 1.94. The van der Waals surface area contributed by atoms with Gasteiger partial charge < -0.3 is 14.5 Å². The second kappa shape index (κ2) is 8.20. The summed E-state index contributed by atoms with van der Waals surface area (Å²) < 4.78 is 38.3. The van der Waals surface area contributed by atoms with Crippen LogP contribution in [0.5, 0.6) is 11.5 Å². The zero-order chi connectivity index (χ0) is 19.4. The highest BCUT2D eigenvalue weighted by Crippen LogP contribution is 2.34. The van der Waals surface area contributed by atoms with Gasteiger partial charge in [0.25, 0.3) is 0 Å². The normalized spacial score (nSPS) is 11.6. The molecule has 0 aliphatic carbocycles. The number of aromatic amines is 1. The number of hydrogen-bond donors (Lipinski definition) is 1. The lowest BCUT2D eigenvalue weighted by Gasteiger charge is -2.19. The minimum atomic E-state index is -0.918. The predicted octanol–water partition coefficient (Wildman–Crippen LogP) is 5.59. The number of para-hydroxylation sites is 1. The van der Waals surface area contributed by atoms with Crippen molar-refractivity contribution in [3.05, 3.63) is 53.4 Å². The van der Waals surface area contributed by atoms with Gasteiger partial charge in [-0.1, -0.05) is 26.0 Å². The summed E-state index contributed by atoms with van der Waals surface area (Å²) in [7, 11) is 1.60. The third-order valence-corrected chi connectivity index (χ3v) is 4.39. The fourth-order valence-corrected chi connectivity index (χ4v) is 2.85. The Kier molecular flexibility index (Phi) is 5.74. The van der Waals surface area contributed by atoms with Gasteiger partial charge >= 0.3 is 0 Å². The molecule has 1 aromatic heterocycles. The molecule has 0 aliphatic rings. The SMILES string of the molecule is CCC(CC)Oc1c(/C=C/c2nc3cc(F)c(F)cc3[nH]2)cccc1OC. The molecular weight excluding hydrogens is 350 g/mol. The number of halogens is 2. The molecule has 0 spiro atoms. The number of nitrogens with one attached hydrogen (secondary N) is 1. The van der Waals surface area contributed by atoms with Crippen LogP contribution >= 0.6 is 0 Å². The zero-order valence-electron chi connectivity index (χ0n) is 15.6. The van der Waals surface area contributed by atoms with Gasteiger partial charge in [0.15, 0.2) is 23.1 Å². The average Bonchev–Trinajstić information content (AvgIpc) is 3.06. The Labute approximate surface area is 156 Å². The largest absolute Gasteiger partial charge is 0.493 e. The quantitative estimate of drug-likeness (QED) is 0.588. The molecular formula is C21H22F2N2O2. The van der Waals surface area contributed by atoms with Crippen LogP contribution in [0.4, 0.5) is 8.78 Å². The van der Waals surface area contributed by atoms with E-state index < -0.39 is 11.6 Å². The van der Waals surface area contributed by atoms with Gasteiger partial charge in [-0.25, -0.2) is 13.8 Å². The van der Waals surface area contributed by atoms with Crippen molar-refractivity contribution in [3.63, 3.8) is 0 Å². The molecule has 0 saturated carbocycles. The van der Waals surface area contributed by atoms with Gasteiger partial charge in [0.2, 0.25) is 0 Å². The molecule has 6 heteroatoms. The number of ether oxygens (including phenoxy) is 2. The first kappa shape index (κ1) is 18.9. The Hall–Kier alpha value is -2.89. The van der Waals surface area contributed by atoms with Crippen LogP contribution in [0.2, 0.25) is 0 Å². The molecule has 3 aromatic rings. The average molecular weight is 372 g/mol. The van der Waals surface area contributed by atoms with Crippen molar-refractivity contribution in [3.8, 4) is 11.5 Å². The van der Waals surface area contributed by atoms with Gasteiger partial charge in [-0.2, -0.15) is 0 Å². The van der Waals surface area contributed by atoms with E-state index in [-0.39, 0.29) is 6.10 Å². The summed E-state index contributed by atoms with van der Waals surface area (Å²) in [5.74, 6) is -0.0178. The number of methoxy groups -OCH3 is 1. The summed E-state index contributed by atoms with van der Waals surface area (Å²) in [6.07, 6.45) is 5.44. The number of hydrogen-bond acceptors (Lipinski definition) is 3. The molecule has 0 bridgehead atoms. The summed E-state index contributed by atoms with van der Waals surface area (Å²) in [4.78, 5) is 7.24. The smallest absolute Gasteiger partial charge is 0.168 e. The third-order valence-electron chi connectivity index (χ3n) is 4.39. The lowest BCUT2D eigenvalue weighted by molar-refractivity contribution is 0.184. The molecule has 0 unspecified atom stereocenters. The van der Waals surface area contributed by atoms with E-state index in [2.05, 4.69) is 23.8 Å². The maximum absolute atomic E-state index is 13.4. The summed E-state index contributed by atoms with van der Waals surface area (Å²) in [6, 6.07) is 7.82. The van der Waals surface area contributed by atoms with Gasteiger partial charge in [0.05, 0.1) is 24.2 Å². The van der Waals surface area contributed by atoms with E-state index in [1.807, 2.05) is 24.3 Å². The molecule has 142 valence electrons. The van der Waals surface area contributed by atoms with Crippen LogP contribution < -0.4 is 9.47 Å². The number of rotatable bonds is 7. The number of nitrogens with zero attached hydrogens (tertiary/aromatic N) is 1. The van der Waals surface area contributed by atoms with Crippen LogP contribution in [0.3, 0.4) is 0 Å². The minimum Gasteiger partial charge on any atom is -0.493 e. The maximum Gasteiger partial charge on any atom is 0.168 e. The number of imidazole rings is 1. The lowest BCUT2D eigenvalue weighted by Crippen LogP contribution is -2.14. The highest BCUT2D eigenvalue weighted by Gasteiger charge is 2.14. The molecule has 27 heavy (non-hydrogen) atoms. The molecule has 0 aliphatic heterocycles. The van der Waals surface area contributed by atoms with E-state index in [0.717, 1.165) is 30.5 Å². The summed E-state index contributed by atoms with van der Waals surface area (Å²) >= 11 is 0. The van der Waals surface area contributed by atoms with Crippen molar-refractivity contribution in [2.75, 3.05) is 7.11 Å². The number of H-pyrrole nitrogens is 1. The van der Waals surface area contributed by atoms with Crippen molar-refractivity contribution >= 4 is 23.2 Å². The molecule has 0 amide bonds. The number of fused-ring (bicyclic) bond motifs is 1. The zero-order valence-corrected chi connectivity index (χ0v) is 15.6. The minimum absolute atomic E-state index is 0.0885. The van der Waals surface area contributed by atoms with Crippen LogP contribution in [-0.4, -0.2) is 23.2 Å². The van der Waals surface area contributed by atoms with Crippen molar-refractivity contribution in [1.29, 1.82) is 0 Å². The van der Waals surface area contributed by atoms with E-state index in [1.54, 1.807) is 13.2 Å². The van der Waals surface area contributed by atoms with E-state index in [4.69, 9.17) is 9.47 Å². The fraction of sp³-hybridized carbons (Fsp3) is 0.286. The van der Waals surface area contributed by atoms with Crippen LogP contribution in [0, 0.1) is 11.6 Å². The summed E-state index contributed by atoms with van der Waals surface area (Å²) in [5, 5.41) is 0. The first-order valence-electron chi connectivity index (χ1n) is 8.92. The molecule has 1 N–H and O–H groups in total. The molecule has 0 radical (unpaired) electrons. The third kappa shape index (κ3) is 4.10. The van der Waals surface area contributed by atoms with Crippen molar-refractivity contribution in [2.45, 2.75) is 32.8 Å². The molecule has 4 nitrogen and oxygen atoms in total. The second-order valence-electron chi connectivity index (χ2n) is 6.17. The van der Waals surface area contributed by atoms with Crippen LogP contribution in [0.1, 0.15) is 38.1 Å². The Morgan fingerprint density at radius 3 is 2.56 bits per heavy atom. The second-order valence-corrected chi connectivity index (χ2v) is 6.17. The van der Waals surface area contributed by atoms with E-state index >= 15 is 0 Å². The molecule has 3 rings (SSSR count). The van der Waals surface area contributed by atoms with E-state index in [9.17, 15) is 8.78 Å².